The summed E-state index contributed by atoms with van der Waals surface area (Å²) in [6, 6.07) is 16.5. The van der Waals surface area contributed by atoms with Crippen molar-refractivity contribution in [3.8, 4) is 11.1 Å². The lowest BCUT2D eigenvalue weighted by molar-refractivity contribution is -0.139. The van der Waals surface area contributed by atoms with Crippen LogP contribution < -0.4 is 10.6 Å². The molecule has 2 aromatic rings. The summed E-state index contributed by atoms with van der Waals surface area (Å²) in [5, 5.41) is 14.7. The number of nitrogens with one attached hydrogen (secondary N) is 2. The fraction of sp³-hybridized carbons (Fsp3) is 0.423. The van der Waals surface area contributed by atoms with Gasteiger partial charge in [0, 0.05) is 24.9 Å². The minimum absolute atomic E-state index is 0.0262. The highest BCUT2D eigenvalue weighted by Crippen LogP contribution is 2.44. The molecule has 7 heteroatoms. The van der Waals surface area contributed by atoms with Crippen molar-refractivity contribution in [2.24, 2.45) is 17.8 Å². The molecule has 0 spiro atoms. The molecule has 2 fully saturated rings. The van der Waals surface area contributed by atoms with E-state index in [1.54, 1.807) is 0 Å². The summed E-state index contributed by atoms with van der Waals surface area (Å²) in [7, 11) is 0. The summed E-state index contributed by atoms with van der Waals surface area (Å²) in [6.45, 7) is 0.723. The fourth-order valence-corrected chi connectivity index (χ4v) is 5.18. The molecular formula is C26H28N2O5. The van der Waals surface area contributed by atoms with Gasteiger partial charge in [-0.1, -0.05) is 48.5 Å². The third-order valence-corrected chi connectivity index (χ3v) is 7.18. The maximum Gasteiger partial charge on any atom is 0.407 e. The van der Waals surface area contributed by atoms with Crippen molar-refractivity contribution in [1.82, 2.24) is 10.6 Å². The highest BCUT2D eigenvalue weighted by molar-refractivity contribution is 5.79. The Morgan fingerprint density at radius 2 is 1.58 bits per heavy atom. The van der Waals surface area contributed by atoms with Crippen LogP contribution in [0.4, 0.5) is 4.79 Å². The van der Waals surface area contributed by atoms with Gasteiger partial charge in [0.2, 0.25) is 5.91 Å². The summed E-state index contributed by atoms with van der Waals surface area (Å²) >= 11 is 0. The zero-order valence-electron chi connectivity index (χ0n) is 18.3. The van der Waals surface area contributed by atoms with Gasteiger partial charge in [0.05, 0.1) is 5.92 Å². The molecule has 3 aliphatic rings. The van der Waals surface area contributed by atoms with Crippen LogP contribution in [0.25, 0.3) is 11.1 Å². The molecule has 2 aromatic carbocycles. The molecule has 0 bridgehead atoms. The van der Waals surface area contributed by atoms with Gasteiger partial charge in [-0.15, -0.1) is 0 Å². The van der Waals surface area contributed by atoms with Crippen LogP contribution in [0.2, 0.25) is 0 Å². The first-order valence-corrected chi connectivity index (χ1v) is 11.6. The summed E-state index contributed by atoms with van der Waals surface area (Å²) in [4.78, 5) is 35.3. The normalized spacial score (nSPS) is 24.7. The molecule has 3 aliphatic carbocycles. The Morgan fingerprint density at radius 1 is 0.939 bits per heavy atom. The molecular weight excluding hydrogens is 420 g/mol. The number of hydrogen-bond acceptors (Lipinski definition) is 4. The first-order valence-electron chi connectivity index (χ1n) is 11.6. The number of fused-ring (bicyclic) bond motifs is 3. The van der Waals surface area contributed by atoms with Crippen molar-refractivity contribution in [3.05, 3.63) is 59.7 Å². The molecule has 2 amide bonds. The van der Waals surface area contributed by atoms with Crippen LogP contribution in [0, 0.1) is 17.8 Å². The highest BCUT2D eigenvalue weighted by atomic mass is 16.5. The van der Waals surface area contributed by atoms with Crippen molar-refractivity contribution in [2.45, 2.75) is 37.6 Å². The maximum atomic E-state index is 12.4. The number of carboxylic acid groups (broad SMARTS) is 1. The number of carbonyl (C=O) groups is 3. The molecule has 0 saturated heterocycles. The van der Waals surface area contributed by atoms with E-state index >= 15 is 0 Å². The predicted molar refractivity (Wildman–Crippen MR) is 122 cm³/mol. The van der Waals surface area contributed by atoms with Gasteiger partial charge in [-0.3, -0.25) is 9.59 Å². The zero-order valence-corrected chi connectivity index (χ0v) is 18.3. The maximum absolute atomic E-state index is 12.4. The van der Waals surface area contributed by atoms with Gasteiger partial charge in [-0.2, -0.15) is 0 Å². The number of aliphatic carboxylic acids is 1. The van der Waals surface area contributed by atoms with Crippen LogP contribution in [0.3, 0.4) is 0 Å². The number of alkyl carbamates (subject to hydrolysis) is 1. The average Bonchev–Trinajstić information content (AvgIpc) is 3.51. The number of ether oxygens (including phenoxy) is 1. The van der Waals surface area contributed by atoms with E-state index in [1.807, 2.05) is 24.3 Å². The monoisotopic (exact) mass is 448 g/mol. The Kier molecular flexibility index (Phi) is 5.79. The summed E-state index contributed by atoms with van der Waals surface area (Å²) in [6.07, 6.45) is 2.13. The lowest BCUT2D eigenvalue weighted by atomic mass is 9.78. The third-order valence-electron chi connectivity index (χ3n) is 7.18. The van der Waals surface area contributed by atoms with Crippen molar-refractivity contribution in [2.75, 3.05) is 13.2 Å². The standard InChI is InChI=1S/C26H28N2O5/c29-24(27-13-16-12-22(16)25(30)31)11-15-9-17(10-15)28-26(32)33-14-23-20-7-3-1-5-18(20)19-6-2-4-8-21(19)23/h1-8,15-17,22-23H,9-14H2,(H,27,29)(H,28,32)(H,30,31)/t15?,16-,17?,22-/m1/s1. The van der Waals surface area contributed by atoms with E-state index in [0.717, 1.165) is 12.8 Å². The lowest BCUT2D eigenvalue weighted by Gasteiger charge is -2.35. The van der Waals surface area contributed by atoms with Gasteiger partial charge in [-0.25, -0.2) is 4.79 Å². The third kappa shape index (κ3) is 4.58. The topological polar surface area (TPSA) is 105 Å². The van der Waals surface area contributed by atoms with E-state index in [2.05, 4.69) is 34.9 Å². The Morgan fingerprint density at radius 3 is 2.18 bits per heavy atom. The quantitative estimate of drug-likeness (QED) is 0.573. The van der Waals surface area contributed by atoms with Gasteiger partial charge >= 0.3 is 12.1 Å². The molecule has 0 radical (unpaired) electrons. The van der Waals surface area contributed by atoms with Crippen LogP contribution >= 0.6 is 0 Å². The molecule has 0 aromatic heterocycles. The smallest absolute Gasteiger partial charge is 0.407 e. The van der Waals surface area contributed by atoms with E-state index in [9.17, 15) is 14.4 Å². The summed E-state index contributed by atoms with van der Waals surface area (Å²) in [5.74, 6) is -0.798. The van der Waals surface area contributed by atoms with Crippen molar-refractivity contribution in [3.63, 3.8) is 0 Å². The van der Waals surface area contributed by atoms with Crippen molar-refractivity contribution in [1.29, 1.82) is 0 Å². The molecule has 0 heterocycles. The summed E-state index contributed by atoms with van der Waals surface area (Å²) in [5.41, 5.74) is 4.76. The molecule has 5 rings (SSSR count). The van der Waals surface area contributed by atoms with E-state index < -0.39 is 12.1 Å². The largest absolute Gasteiger partial charge is 0.481 e. The molecule has 33 heavy (non-hydrogen) atoms. The van der Waals surface area contributed by atoms with Gasteiger partial charge in [0.1, 0.15) is 6.61 Å². The highest BCUT2D eigenvalue weighted by Gasteiger charge is 2.43. The van der Waals surface area contributed by atoms with Crippen molar-refractivity contribution < 1.29 is 24.2 Å². The van der Waals surface area contributed by atoms with Crippen LogP contribution in [0.15, 0.2) is 48.5 Å². The van der Waals surface area contributed by atoms with Crippen LogP contribution in [-0.2, 0) is 14.3 Å². The number of hydrogen-bond donors (Lipinski definition) is 3. The Balaban J connectivity index is 1.03. The minimum Gasteiger partial charge on any atom is -0.481 e. The van der Waals surface area contributed by atoms with Crippen LogP contribution in [0.5, 0.6) is 0 Å². The molecule has 3 N–H and O–H groups in total. The fourth-order valence-electron chi connectivity index (χ4n) is 5.18. The SMILES string of the molecule is O=C(CC1CC(NC(=O)OCC2c3ccccc3-c3ccccc32)C1)NC[C@H]1C[C@H]1C(=O)O. The number of carboxylic acids is 1. The second kappa shape index (κ2) is 8.89. The Hall–Kier alpha value is -3.35. The van der Waals surface area contributed by atoms with Crippen LogP contribution in [0.1, 0.15) is 42.7 Å². The summed E-state index contributed by atoms with van der Waals surface area (Å²) < 4.78 is 5.59. The van der Waals surface area contributed by atoms with Gasteiger partial charge < -0.3 is 20.5 Å². The first-order chi connectivity index (χ1) is 16.0. The van der Waals surface area contributed by atoms with E-state index in [-0.39, 0.29) is 42.2 Å². The minimum atomic E-state index is -0.782. The molecule has 0 unspecified atom stereocenters. The van der Waals surface area contributed by atoms with Gasteiger partial charge in [0.25, 0.3) is 0 Å². The average molecular weight is 449 g/mol. The Bertz CT molecular complexity index is 1030. The second-order valence-electron chi connectivity index (χ2n) is 9.45. The molecule has 0 aliphatic heterocycles. The number of carbonyl (C=O) groups excluding carboxylic acids is 2. The van der Waals surface area contributed by atoms with Gasteiger partial charge in [0.15, 0.2) is 0 Å². The van der Waals surface area contributed by atoms with Crippen LogP contribution in [-0.4, -0.2) is 42.3 Å². The second-order valence-corrected chi connectivity index (χ2v) is 9.45. The zero-order chi connectivity index (χ0) is 22.9. The van der Waals surface area contributed by atoms with E-state index in [4.69, 9.17) is 9.84 Å². The molecule has 7 nitrogen and oxygen atoms in total. The predicted octanol–water partition coefficient (Wildman–Crippen LogP) is 3.53. The number of benzene rings is 2. The first kappa shape index (κ1) is 21.5. The van der Waals surface area contributed by atoms with Gasteiger partial charge in [-0.05, 0) is 53.4 Å². The number of amides is 2. The number of rotatable bonds is 8. The Labute approximate surface area is 192 Å². The lowest BCUT2D eigenvalue weighted by Crippen LogP contribution is -2.46. The molecule has 2 atom stereocenters. The molecule has 2 saturated carbocycles. The molecule has 172 valence electrons. The van der Waals surface area contributed by atoms with Crippen molar-refractivity contribution >= 4 is 18.0 Å². The van der Waals surface area contributed by atoms with E-state index in [1.165, 1.54) is 22.3 Å². The van der Waals surface area contributed by atoms with E-state index in [0.29, 0.717) is 19.4 Å².